The van der Waals surface area contributed by atoms with E-state index in [2.05, 4.69) is 22.9 Å². The van der Waals surface area contributed by atoms with Crippen LogP contribution in [0.5, 0.6) is 0 Å². The minimum atomic E-state index is -0.488. The first kappa shape index (κ1) is 21.7. The van der Waals surface area contributed by atoms with Crippen molar-refractivity contribution in [2.24, 2.45) is 5.92 Å². The van der Waals surface area contributed by atoms with Crippen LogP contribution in [0, 0.1) is 5.92 Å². The summed E-state index contributed by atoms with van der Waals surface area (Å²) in [5.74, 6) is -0.519. The lowest BCUT2D eigenvalue weighted by molar-refractivity contribution is -0.136. The molecule has 3 heterocycles. The van der Waals surface area contributed by atoms with Gasteiger partial charge in [0.1, 0.15) is 6.04 Å². The van der Waals surface area contributed by atoms with Crippen molar-refractivity contribution >= 4 is 17.7 Å². The van der Waals surface area contributed by atoms with Gasteiger partial charge in [-0.1, -0.05) is 36.4 Å². The molecular formula is C25H28N4O3. The highest BCUT2D eigenvalue weighted by Gasteiger charge is 2.36. The zero-order valence-corrected chi connectivity index (χ0v) is 18.1. The van der Waals surface area contributed by atoms with Gasteiger partial charge in [-0.3, -0.25) is 19.4 Å². The van der Waals surface area contributed by atoms with Gasteiger partial charge in [0.15, 0.2) is 0 Å². The number of aromatic nitrogens is 1. The van der Waals surface area contributed by atoms with Gasteiger partial charge in [0.25, 0.3) is 0 Å². The Bertz CT molecular complexity index is 1010. The number of rotatable bonds is 6. The highest BCUT2D eigenvalue weighted by molar-refractivity contribution is 5.91. The molecule has 2 saturated heterocycles. The van der Waals surface area contributed by atoms with Crippen LogP contribution >= 0.6 is 0 Å². The van der Waals surface area contributed by atoms with E-state index < -0.39 is 6.04 Å². The summed E-state index contributed by atoms with van der Waals surface area (Å²) in [6.07, 6.45) is 6.68. The molecule has 0 aliphatic carbocycles. The standard InChI is InChI=1S/C25H28N4O3/c1-2-11-28-12-13-29(25(32)22-8-9-23(30)27-22)17-21(24(28)31)15-18-5-3-6-19(14-18)20-7-4-10-26-16-20/h2-7,10,14,16,21-22H,1,8-9,11-13,15,17H2,(H,27,30)/t21-,22-/m0/s1. The third kappa shape index (κ3) is 4.88. The molecule has 32 heavy (non-hydrogen) atoms. The molecule has 1 N–H and O–H groups in total. The van der Waals surface area contributed by atoms with Crippen molar-refractivity contribution in [1.82, 2.24) is 20.1 Å². The Morgan fingerprint density at radius 3 is 2.75 bits per heavy atom. The molecule has 4 rings (SSSR count). The van der Waals surface area contributed by atoms with Crippen molar-refractivity contribution in [2.75, 3.05) is 26.2 Å². The van der Waals surface area contributed by atoms with Crippen LogP contribution in [0.15, 0.2) is 61.4 Å². The van der Waals surface area contributed by atoms with E-state index in [1.54, 1.807) is 22.1 Å². The third-order valence-electron chi connectivity index (χ3n) is 6.10. The molecule has 166 valence electrons. The maximum atomic E-state index is 13.3. The Balaban J connectivity index is 1.55. The highest BCUT2D eigenvalue weighted by Crippen LogP contribution is 2.23. The van der Waals surface area contributed by atoms with E-state index in [0.29, 0.717) is 45.4 Å². The van der Waals surface area contributed by atoms with Crippen LogP contribution in [0.25, 0.3) is 11.1 Å². The van der Waals surface area contributed by atoms with E-state index >= 15 is 0 Å². The van der Waals surface area contributed by atoms with Gasteiger partial charge in [-0.15, -0.1) is 6.58 Å². The van der Waals surface area contributed by atoms with Gasteiger partial charge < -0.3 is 15.1 Å². The van der Waals surface area contributed by atoms with Crippen LogP contribution in [-0.4, -0.2) is 64.7 Å². The van der Waals surface area contributed by atoms with Crippen LogP contribution in [0.3, 0.4) is 0 Å². The average molecular weight is 433 g/mol. The molecule has 2 aliphatic heterocycles. The highest BCUT2D eigenvalue weighted by atomic mass is 16.2. The van der Waals surface area contributed by atoms with Crippen molar-refractivity contribution in [1.29, 1.82) is 0 Å². The molecule has 0 saturated carbocycles. The lowest BCUT2D eigenvalue weighted by atomic mass is 9.95. The van der Waals surface area contributed by atoms with Gasteiger partial charge >= 0.3 is 0 Å². The molecule has 0 bridgehead atoms. The molecule has 7 heteroatoms. The second-order valence-corrected chi connectivity index (χ2v) is 8.36. The first-order valence-electron chi connectivity index (χ1n) is 11.0. The molecule has 1 aromatic carbocycles. The lowest BCUT2D eigenvalue weighted by Crippen LogP contribution is -2.46. The molecule has 0 unspecified atom stereocenters. The summed E-state index contributed by atoms with van der Waals surface area (Å²) >= 11 is 0. The number of pyridine rings is 1. The molecule has 2 atom stereocenters. The molecule has 2 fully saturated rings. The SMILES string of the molecule is C=CCN1CCN(C(=O)[C@@H]2CCC(=O)N2)C[C@H](Cc2cccc(-c3cccnc3)c2)C1=O. The normalized spacial score (nSPS) is 21.2. The smallest absolute Gasteiger partial charge is 0.245 e. The fourth-order valence-corrected chi connectivity index (χ4v) is 4.45. The fraction of sp³-hybridized carbons (Fsp3) is 0.360. The van der Waals surface area contributed by atoms with Gasteiger partial charge in [0, 0.05) is 45.0 Å². The van der Waals surface area contributed by atoms with E-state index in [9.17, 15) is 14.4 Å². The molecule has 0 spiro atoms. The van der Waals surface area contributed by atoms with Crippen LogP contribution in [0.1, 0.15) is 18.4 Å². The Labute approximate surface area is 188 Å². The maximum absolute atomic E-state index is 13.3. The predicted molar refractivity (Wildman–Crippen MR) is 121 cm³/mol. The summed E-state index contributed by atoms with van der Waals surface area (Å²) < 4.78 is 0. The quantitative estimate of drug-likeness (QED) is 0.709. The van der Waals surface area contributed by atoms with E-state index in [-0.39, 0.29) is 23.6 Å². The zero-order chi connectivity index (χ0) is 22.5. The van der Waals surface area contributed by atoms with Crippen LogP contribution in [0.2, 0.25) is 0 Å². The Hall–Kier alpha value is -3.48. The molecular weight excluding hydrogens is 404 g/mol. The average Bonchev–Trinajstić information content (AvgIpc) is 3.20. The van der Waals surface area contributed by atoms with E-state index in [1.807, 2.05) is 36.5 Å². The second-order valence-electron chi connectivity index (χ2n) is 8.36. The monoisotopic (exact) mass is 432 g/mol. The molecule has 2 aliphatic rings. The first-order valence-corrected chi connectivity index (χ1v) is 11.0. The van der Waals surface area contributed by atoms with Crippen molar-refractivity contribution in [2.45, 2.75) is 25.3 Å². The maximum Gasteiger partial charge on any atom is 0.245 e. The van der Waals surface area contributed by atoms with Gasteiger partial charge in [-0.2, -0.15) is 0 Å². The van der Waals surface area contributed by atoms with Crippen LogP contribution in [-0.2, 0) is 20.8 Å². The van der Waals surface area contributed by atoms with E-state index in [0.717, 1.165) is 16.7 Å². The van der Waals surface area contributed by atoms with Gasteiger partial charge in [0.05, 0.1) is 5.92 Å². The third-order valence-corrected chi connectivity index (χ3v) is 6.10. The van der Waals surface area contributed by atoms with Crippen molar-refractivity contribution < 1.29 is 14.4 Å². The molecule has 1 aromatic heterocycles. The minimum absolute atomic E-state index is 0.0300. The van der Waals surface area contributed by atoms with Crippen molar-refractivity contribution in [3.63, 3.8) is 0 Å². The van der Waals surface area contributed by atoms with Gasteiger partial charge in [0.2, 0.25) is 17.7 Å². The lowest BCUT2D eigenvalue weighted by Gasteiger charge is -2.26. The number of amides is 3. The summed E-state index contributed by atoms with van der Waals surface area (Å²) in [6, 6.07) is 11.5. The van der Waals surface area contributed by atoms with Crippen molar-refractivity contribution in [3.8, 4) is 11.1 Å². The first-order chi connectivity index (χ1) is 15.5. The second kappa shape index (κ2) is 9.77. The Kier molecular flexibility index (Phi) is 6.63. The molecule has 3 amide bonds. The number of hydrogen-bond donors (Lipinski definition) is 1. The number of carbonyl (C=O) groups excluding carboxylic acids is 3. The Morgan fingerprint density at radius 2 is 2.03 bits per heavy atom. The van der Waals surface area contributed by atoms with Gasteiger partial charge in [-0.25, -0.2) is 0 Å². The van der Waals surface area contributed by atoms with Crippen LogP contribution < -0.4 is 5.32 Å². The number of carbonyl (C=O) groups is 3. The number of hydrogen-bond acceptors (Lipinski definition) is 4. The van der Waals surface area contributed by atoms with Crippen LogP contribution in [0.4, 0.5) is 0 Å². The summed E-state index contributed by atoms with van der Waals surface area (Å²) in [5, 5.41) is 2.76. The molecule has 7 nitrogen and oxygen atoms in total. The Morgan fingerprint density at radius 1 is 1.19 bits per heavy atom. The van der Waals surface area contributed by atoms with Gasteiger partial charge in [-0.05, 0) is 35.6 Å². The number of nitrogens with one attached hydrogen (secondary N) is 1. The number of benzene rings is 1. The largest absolute Gasteiger partial charge is 0.344 e. The fourth-order valence-electron chi connectivity index (χ4n) is 4.45. The van der Waals surface area contributed by atoms with Crippen molar-refractivity contribution in [3.05, 3.63) is 67.0 Å². The number of nitrogens with zero attached hydrogens (tertiary/aromatic N) is 3. The summed E-state index contributed by atoms with van der Waals surface area (Å²) in [4.78, 5) is 45.6. The van der Waals surface area contributed by atoms with E-state index in [1.165, 1.54) is 0 Å². The zero-order valence-electron chi connectivity index (χ0n) is 18.1. The predicted octanol–water partition coefficient (Wildman–Crippen LogP) is 2.04. The topological polar surface area (TPSA) is 82.6 Å². The minimum Gasteiger partial charge on any atom is -0.344 e. The summed E-state index contributed by atoms with van der Waals surface area (Å²) in [5.41, 5.74) is 3.09. The molecule has 2 aromatic rings. The summed E-state index contributed by atoms with van der Waals surface area (Å²) in [6.45, 7) is 5.48. The van der Waals surface area contributed by atoms with E-state index in [4.69, 9.17) is 0 Å². The molecule has 0 radical (unpaired) electrons. The summed E-state index contributed by atoms with van der Waals surface area (Å²) in [7, 11) is 0.